The zero-order chi connectivity index (χ0) is 15.0. The number of H-pyrrole nitrogens is 1. The molecule has 1 aromatic heterocycles. The number of likely N-dealkylation sites (tertiary alicyclic amines) is 1. The van der Waals surface area contributed by atoms with E-state index in [2.05, 4.69) is 37.9 Å². The van der Waals surface area contributed by atoms with Gasteiger partial charge in [0, 0.05) is 41.2 Å². The van der Waals surface area contributed by atoms with Crippen molar-refractivity contribution in [2.45, 2.75) is 19.1 Å². The molecule has 0 radical (unpaired) electrons. The lowest BCUT2D eigenvalue weighted by Gasteiger charge is -2.47. The summed E-state index contributed by atoms with van der Waals surface area (Å²) in [6.07, 6.45) is 2.03. The predicted molar refractivity (Wildman–Crippen MR) is 83.3 cm³/mol. The van der Waals surface area contributed by atoms with Crippen LogP contribution in [0.2, 0.25) is 0 Å². The zero-order valence-electron chi connectivity index (χ0n) is 11.7. The number of benzene rings is 1. The van der Waals surface area contributed by atoms with Crippen LogP contribution in [0.3, 0.4) is 0 Å². The van der Waals surface area contributed by atoms with E-state index in [0.717, 1.165) is 29.6 Å². The Morgan fingerprint density at radius 3 is 3.00 bits per heavy atom. The molecule has 0 bridgehead atoms. The van der Waals surface area contributed by atoms with Crippen molar-refractivity contribution < 1.29 is 14.6 Å². The first-order chi connectivity index (χ1) is 9.95. The minimum absolute atomic E-state index is 0.232. The first kappa shape index (κ1) is 14.6. The molecule has 0 saturated carbocycles. The average molecular weight is 353 g/mol. The number of carbonyl (C=O) groups is 1. The van der Waals surface area contributed by atoms with E-state index in [1.54, 1.807) is 0 Å². The number of carboxylic acid groups (broad SMARTS) is 1. The quantitative estimate of drug-likeness (QED) is 0.867. The Hall–Kier alpha value is -1.37. The third kappa shape index (κ3) is 3.12. The smallest absolute Gasteiger partial charge is 0.329 e. The van der Waals surface area contributed by atoms with E-state index in [1.165, 1.54) is 10.9 Å². The fourth-order valence-corrected chi connectivity index (χ4v) is 3.22. The molecule has 21 heavy (non-hydrogen) atoms. The second-order valence-corrected chi connectivity index (χ2v) is 6.70. The number of hydrogen-bond acceptors (Lipinski definition) is 3. The number of halogens is 1. The van der Waals surface area contributed by atoms with Crippen molar-refractivity contribution in [3.8, 4) is 0 Å². The van der Waals surface area contributed by atoms with Gasteiger partial charge in [-0.3, -0.25) is 4.90 Å². The number of aromatic nitrogens is 1. The lowest BCUT2D eigenvalue weighted by atomic mass is 9.95. The molecule has 1 aliphatic rings. The van der Waals surface area contributed by atoms with Crippen LogP contribution in [0.4, 0.5) is 0 Å². The topological polar surface area (TPSA) is 65.6 Å². The molecule has 5 nitrogen and oxygen atoms in total. The largest absolute Gasteiger partial charge is 0.480 e. The summed E-state index contributed by atoms with van der Waals surface area (Å²) in [5, 5.41) is 9.88. The van der Waals surface area contributed by atoms with Crippen LogP contribution in [0.1, 0.15) is 12.5 Å². The minimum Gasteiger partial charge on any atom is -0.480 e. The molecule has 1 fully saturated rings. The fourth-order valence-electron chi connectivity index (χ4n) is 2.86. The molecule has 0 unspecified atom stereocenters. The van der Waals surface area contributed by atoms with Crippen molar-refractivity contribution in [1.82, 2.24) is 9.88 Å². The number of aromatic amines is 1. The van der Waals surface area contributed by atoms with Crippen LogP contribution in [-0.2, 0) is 16.1 Å². The van der Waals surface area contributed by atoms with Gasteiger partial charge in [-0.1, -0.05) is 15.9 Å². The highest BCUT2D eigenvalue weighted by atomic mass is 79.9. The second-order valence-electron chi connectivity index (χ2n) is 5.78. The molecule has 2 heterocycles. The van der Waals surface area contributed by atoms with Gasteiger partial charge in [0.25, 0.3) is 0 Å². The summed E-state index contributed by atoms with van der Waals surface area (Å²) in [7, 11) is 0. The molecule has 0 spiro atoms. The van der Waals surface area contributed by atoms with Gasteiger partial charge in [-0.2, -0.15) is 0 Å². The maximum atomic E-state index is 10.6. The standard InChI is InChI=1S/C15H17BrN2O3/c1-15(21-7-14(19)20)8-18(9-15)6-10-5-17-13-3-2-11(16)4-12(10)13/h2-5,17H,6-9H2,1H3,(H,19,20). The van der Waals surface area contributed by atoms with E-state index in [0.29, 0.717) is 0 Å². The van der Waals surface area contributed by atoms with Gasteiger partial charge in [0.1, 0.15) is 6.61 Å². The molecule has 1 aromatic carbocycles. The molecule has 2 N–H and O–H groups in total. The predicted octanol–water partition coefficient (Wildman–Crippen LogP) is 2.61. The normalized spacial score (nSPS) is 17.8. The lowest BCUT2D eigenvalue weighted by molar-refractivity contribution is -0.165. The molecule has 0 aliphatic carbocycles. The van der Waals surface area contributed by atoms with Crippen molar-refractivity contribution in [1.29, 1.82) is 0 Å². The first-order valence-electron chi connectivity index (χ1n) is 6.79. The lowest BCUT2D eigenvalue weighted by Crippen LogP contribution is -2.61. The van der Waals surface area contributed by atoms with Gasteiger partial charge in [-0.05, 0) is 30.7 Å². The number of ether oxygens (including phenoxy) is 1. The highest BCUT2D eigenvalue weighted by Crippen LogP contribution is 2.29. The number of nitrogens with zero attached hydrogens (tertiary/aromatic N) is 1. The number of aliphatic carboxylic acids is 1. The second kappa shape index (κ2) is 5.44. The monoisotopic (exact) mass is 352 g/mol. The van der Waals surface area contributed by atoms with E-state index in [-0.39, 0.29) is 12.2 Å². The Labute approximate surface area is 131 Å². The molecule has 2 aromatic rings. The van der Waals surface area contributed by atoms with Crippen LogP contribution in [0.25, 0.3) is 10.9 Å². The van der Waals surface area contributed by atoms with Crippen molar-refractivity contribution in [2.75, 3.05) is 19.7 Å². The van der Waals surface area contributed by atoms with Crippen LogP contribution in [0.15, 0.2) is 28.9 Å². The molecule has 0 atom stereocenters. The van der Waals surface area contributed by atoms with Gasteiger partial charge in [-0.15, -0.1) is 0 Å². The molecule has 1 saturated heterocycles. The maximum Gasteiger partial charge on any atom is 0.329 e. The van der Waals surface area contributed by atoms with Gasteiger partial charge in [0.2, 0.25) is 0 Å². The average Bonchev–Trinajstić information content (AvgIpc) is 2.77. The zero-order valence-corrected chi connectivity index (χ0v) is 13.3. The molecular formula is C15H17BrN2O3. The van der Waals surface area contributed by atoms with Crippen LogP contribution in [0.5, 0.6) is 0 Å². The van der Waals surface area contributed by atoms with Gasteiger partial charge in [0.05, 0.1) is 5.60 Å². The van der Waals surface area contributed by atoms with Gasteiger partial charge in [-0.25, -0.2) is 4.79 Å². The summed E-state index contributed by atoms with van der Waals surface area (Å²) in [6.45, 7) is 4.06. The summed E-state index contributed by atoms with van der Waals surface area (Å²) in [6, 6.07) is 6.18. The highest BCUT2D eigenvalue weighted by molar-refractivity contribution is 9.10. The molecule has 3 rings (SSSR count). The Bertz CT molecular complexity index is 677. The van der Waals surface area contributed by atoms with Crippen molar-refractivity contribution in [2.24, 2.45) is 0 Å². The van der Waals surface area contributed by atoms with Gasteiger partial charge in [0.15, 0.2) is 0 Å². The summed E-state index contributed by atoms with van der Waals surface area (Å²) >= 11 is 3.50. The molecule has 112 valence electrons. The first-order valence-corrected chi connectivity index (χ1v) is 7.58. The summed E-state index contributed by atoms with van der Waals surface area (Å²) in [4.78, 5) is 16.1. The van der Waals surface area contributed by atoms with E-state index in [9.17, 15) is 4.79 Å². The number of nitrogens with one attached hydrogen (secondary N) is 1. The van der Waals surface area contributed by atoms with Gasteiger partial charge >= 0.3 is 5.97 Å². The van der Waals surface area contributed by atoms with E-state index >= 15 is 0 Å². The molecule has 0 amide bonds. The third-order valence-corrected chi connectivity index (χ3v) is 4.28. The Morgan fingerprint density at radius 2 is 2.29 bits per heavy atom. The molecule has 6 heteroatoms. The molecule has 1 aliphatic heterocycles. The number of rotatable bonds is 5. The van der Waals surface area contributed by atoms with Crippen LogP contribution in [-0.4, -0.2) is 46.3 Å². The summed E-state index contributed by atoms with van der Waals surface area (Å²) in [5.41, 5.74) is 2.02. The highest BCUT2D eigenvalue weighted by Gasteiger charge is 2.40. The van der Waals surface area contributed by atoms with Gasteiger partial charge < -0.3 is 14.8 Å². The van der Waals surface area contributed by atoms with Crippen molar-refractivity contribution in [3.05, 3.63) is 34.4 Å². The van der Waals surface area contributed by atoms with Crippen LogP contribution >= 0.6 is 15.9 Å². The third-order valence-electron chi connectivity index (χ3n) is 3.78. The number of hydrogen-bond donors (Lipinski definition) is 2. The summed E-state index contributed by atoms with van der Waals surface area (Å²) in [5.74, 6) is -0.920. The maximum absolute atomic E-state index is 10.6. The van der Waals surface area contributed by atoms with E-state index in [1.807, 2.05) is 19.2 Å². The van der Waals surface area contributed by atoms with Crippen LogP contribution in [0, 0.1) is 0 Å². The Kier molecular flexibility index (Phi) is 3.77. The molecular weight excluding hydrogens is 336 g/mol. The summed E-state index contributed by atoms with van der Waals surface area (Å²) < 4.78 is 6.49. The van der Waals surface area contributed by atoms with E-state index in [4.69, 9.17) is 9.84 Å². The minimum atomic E-state index is -0.920. The van der Waals surface area contributed by atoms with Crippen LogP contribution < -0.4 is 0 Å². The van der Waals surface area contributed by atoms with Crippen molar-refractivity contribution >= 4 is 32.8 Å². The fraction of sp³-hybridized carbons (Fsp3) is 0.400. The number of carboxylic acids is 1. The SMILES string of the molecule is CC1(OCC(=O)O)CN(Cc2c[nH]c3ccc(Br)cc23)C1. The van der Waals surface area contributed by atoms with Crippen molar-refractivity contribution in [3.63, 3.8) is 0 Å². The Morgan fingerprint density at radius 1 is 1.52 bits per heavy atom. The van der Waals surface area contributed by atoms with E-state index < -0.39 is 5.97 Å². The Balaban J connectivity index is 1.63. The number of fused-ring (bicyclic) bond motifs is 1.